The van der Waals surface area contributed by atoms with Crippen molar-refractivity contribution in [3.63, 3.8) is 0 Å². The predicted molar refractivity (Wildman–Crippen MR) is 74.7 cm³/mol. The molecule has 3 nitrogen and oxygen atoms in total. The number of benzene rings is 1. The molecule has 0 amide bonds. The second kappa shape index (κ2) is 6.46. The summed E-state index contributed by atoms with van der Waals surface area (Å²) in [5.41, 5.74) is 1.41. The van der Waals surface area contributed by atoms with Gasteiger partial charge in [0.05, 0.1) is 6.10 Å². The van der Waals surface area contributed by atoms with Crippen LogP contribution in [0.1, 0.15) is 23.7 Å². The Hall–Kier alpha value is -0.970. The quantitative estimate of drug-likeness (QED) is 0.900. The Morgan fingerprint density at radius 3 is 2.58 bits per heavy atom. The highest BCUT2D eigenvalue weighted by Crippen LogP contribution is 2.20. The minimum absolute atomic E-state index is 0.213. The zero-order valence-corrected chi connectivity index (χ0v) is 11.8. The number of nitrogens with zero attached hydrogens (tertiary/aromatic N) is 2. The van der Waals surface area contributed by atoms with Crippen molar-refractivity contribution in [1.82, 2.24) is 9.80 Å². The van der Waals surface area contributed by atoms with Gasteiger partial charge in [-0.1, -0.05) is 12.1 Å². The van der Waals surface area contributed by atoms with Crippen LogP contribution in [0.15, 0.2) is 18.2 Å². The van der Waals surface area contributed by atoms with Gasteiger partial charge in [0.2, 0.25) is 0 Å². The van der Waals surface area contributed by atoms with Gasteiger partial charge in [-0.25, -0.2) is 4.39 Å². The molecular weight excluding hydrogens is 243 g/mol. The molecule has 1 unspecified atom stereocenters. The van der Waals surface area contributed by atoms with Gasteiger partial charge in [-0.05, 0) is 37.6 Å². The fourth-order valence-electron chi connectivity index (χ4n) is 2.42. The zero-order chi connectivity index (χ0) is 13.8. The van der Waals surface area contributed by atoms with Gasteiger partial charge in [0, 0.05) is 32.7 Å². The van der Waals surface area contributed by atoms with Gasteiger partial charge in [0.1, 0.15) is 5.82 Å². The Bertz CT molecular complexity index is 417. The van der Waals surface area contributed by atoms with Gasteiger partial charge in [-0.3, -0.25) is 0 Å². The van der Waals surface area contributed by atoms with Crippen LogP contribution in [0.25, 0.3) is 0 Å². The number of halogens is 1. The molecule has 1 aliphatic heterocycles. The highest BCUT2D eigenvalue weighted by atomic mass is 19.1. The molecule has 2 rings (SSSR count). The SMILES string of the molecule is Cc1cc(C(O)CCN2CCN(C)CC2)ccc1F. The lowest BCUT2D eigenvalue weighted by molar-refractivity contribution is 0.113. The first kappa shape index (κ1) is 14.4. The molecule has 0 aliphatic carbocycles. The average Bonchev–Trinajstić information content (AvgIpc) is 2.41. The Labute approximate surface area is 114 Å². The number of piperazine rings is 1. The number of aryl methyl sites for hydroxylation is 1. The van der Waals surface area contributed by atoms with Crippen molar-refractivity contribution < 1.29 is 9.50 Å². The van der Waals surface area contributed by atoms with Gasteiger partial charge in [0.15, 0.2) is 0 Å². The highest BCUT2D eigenvalue weighted by Gasteiger charge is 2.16. The number of hydrogen-bond acceptors (Lipinski definition) is 3. The summed E-state index contributed by atoms with van der Waals surface area (Å²) in [5, 5.41) is 10.2. The van der Waals surface area contributed by atoms with E-state index in [1.165, 1.54) is 6.07 Å². The van der Waals surface area contributed by atoms with Crippen LogP contribution in [0.4, 0.5) is 4.39 Å². The minimum atomic E-state index is -0.501. The number of likely N-dealkylation sites (N-methyl/N-ethyl adjacent to an activating group) is 1. The van der Waals surface area contributed by atoms with Crippen LogP contribution in [-0.2, 0) is 0 Å². The monoisotopic (exact) mass is 266 g/mol. The van der Waals surface area contributed by atoms with E-state index in [4.69, 9.17) is 0 Å². The first-order chi connectivity index (χ1) is 9.06. The van der Waals surface area contributed by atoms with Gasteiger partial charge < -0.3 is 14.9 Å². The van der Waals surface area contributed by atoms with Crippen molar-refractivity contribution in [2.45, 2.75) is 19.4 Å². The molecule has 1 saturated heterocycles. The zero-order valence-electron chi connectivity index (χ0n) is 11.8. The number of rotatable bonds is 4. The van der Waals surface area contributed by atoms with Gasteiger partial charge in [-0.15, -0.1) is 0 Å². The topological polar surface area (TPSA) is 26.7 Å². The standard InChI is InChI=1S/C15H23FN2O/c1-12-11-13(3-4-14(12)16)15(19)5-6-18-9-7-17(2)8-10-18/h3-4,11,15,19H,5-10H2,1-2H3. The van der Waals surface area contributed by atoms with Crippen LogP contribution in [0.5, 0.6) is 0 Å². The van der Waals surface area contributed by atoms with E-state index in [1.807, 2.05) is 0 Å². The summed E-state index contributed by atoms with van der Waals surface area (Å²) in [4.78, 5) is 4.69. The van der Waals surface area contributed by atoms with Crippen LogP contribution in [-0.4, -0.2) is 54.7 Å². The van der Waals surface area contributed by atoms with E-state index in [9.17, 15) is 9.50 Å². The molecule has 0 spiro atoms. The largest absolute Gasteiger partial charge is 0.388 e. The molecule has 19 heavy (non-hydrogen) atoms. The summed E-state index contributed by atoms with van der Waals surface area (Å²) < 4.78 is 13.2. The predicted octanol–water partition coefficient (Wildman–Crippen LogP) is 1.81. The fourth-order valence-corrected chi connectivity index (χ4v) is 2.42. The van der Waals surface area contributed by atoms with E-state index in [-0.39, 0.29) is 5.82 Å². The lowest BCUT2D eigenvalue weighted by Gasteiger charge is -2.32. The molecular formula is C15H23FN2O. The summed E-state index contributed by atoms with van der Waals surface area (Å²) in [6.07, 6.45) is 0.202. The molecule has 1 aromatic carbocycles. The smallest absolute Gasteiger partial charge is 0.126 e. The molecule has 0 radical (unpaired) electrons. The molecule has 1 atom stereocenters. The van der Waals surface area contributed by atoms with Crippen LogP contribution < -0.4 is 0 Å². The molecule has 0 saturated carbocycles. The molecule has 1 aliphatic rings. The minimum Gasteiger partial charge on any atom is -0.388 e. The first-order valence-electron chi connectivity index (χ1n) is 6.91. The van der Waals surface area contributed by atoms with E-state index in [0.717, 1.165) is 38.3 Å². The maximum atomic E-state index is 13.2. The Balaban J connectivity index is 1.83. The lowest BCUT2D eigenvalue weighted by Crippen LogP contribution is -2.44. The molecule has 1 heterocycles. The third-order valence-corrected chi connectivity index (χ3v) is 3.88. The van der Waals surface area contributed by atoms with Crippen LogP contribution in [0.3, 0.4) is 0 Å². The van der Waals surface area contributed by atoms with Crippen LogP contribution in [0.2, 0.25) is 0 Å². The van der Waals surface area contributed by atoms with E-state index >= 15 is 0 Å². The summed E-state index contributed by atoms with van der Waals surface area (Å²) >= 11 is 0. The van der Waals surface area contributed by atoms with Crippen LogP contribution >= 0.6 is 0 Å². The van der Waals surface area contributed by atoms with Crippen molar-refractivity contribution in [2.24, 2.45) is 0 Å². The van der Waals surface area contributed by atoms with Gasteiger partial charge in [-0.2, -0.15) is 0 Å². The Morgan fingerprint density at radius 2 is 1.95 bits per heavy atom. The molecule has 4 heteroatoms. The fraction of sp³-hybridized carbons (Fsp3) is 0.600. The van der Waals surface area contributed by atoms with Crippen molar-refractivity contribution >= 4 is 0 Å². The lowest BCUT2D eigenvalue weighted by atomic mass is 10.0. The average molecular weight is 266 g/mol. The van der Waals surface area contributed by atoms with Gasteiger partial charge in [0.25, 0.3) is 0 Å². The van der Waals surface area contributed by atoms with Crippen molar-refractivity contribution in [3.8, 4) is 0 Å². The molecule has 1 aromatic rings. The third-order valence-electron chi connectivity index (χ3n) is 3.88. The van der Waals surface area contributed by atoms with E-state index in [1.54, 1.807) is 19.1 Å². The summed E-state index contributed by atoms with van der Waals surface area (Å²) in [5.74, 6) is -0.213. The number of aliphatic hydroxyl groups is 1. The first-order valence-corrected chi connectivity index (χ1v) is 6.91. The summed E-state index contributed by atoms with van der Waals surface area (Å²) in [6, 6.07) is 4.85. The van der Waals surface area contributed by atoms with E-state index in [0.29, 0.717) is 12.0 Å². The third kappa shape index (κ3) is 4.00. The van der Waals surface area contributed by atoms with Crippen molar-refractivity contribution in [2.75, 3.05) is 39.8 Å². The normalized spacial score (nSPS) is 19.6. The van der Waals surface area contributed by atoms with Crippen molar-refractivity contribution in [3.05, 3.63) is 35.1 Å². The van der Waals surface area contributed by atoms with E-state index < -0.39 is 6.10 Å². The Kier molecular flexibility index (Phi) is 4.91. The Morgan fingerprint density at radius 1 is 1.26 bits per heavy atom. The second-order valence-electron chi connectivity index (χ2n) is 5.46. The second-order valence-corrected chi connectivity index (χ2v) is 5.46. The number of hydrogen-bond donors (Lipinski definition) is 1. The highest BCUT2D eigenvalue weighted by molar-refractivity contribution is 5.25. The maximum absolute atomic E-state index is 13.2. The van der Waals surface area contributed by atoms with Crippen molar-refractivity contribution in [1.29, 1.82) is 0 Å². The molecule has 1 N–H and O–H groups in total. The molecule has 1 fully saturated rings. The molecule has 0 bridgehead atoms. The number of aliphatic hydroxyl groups excluding tert-OH is 1. The molecule has 106 valence electrons. The summed E-state index contributed by atoms with van der Waals surface area (Å²) in [7, 11) is 2.13. The molecule has 0 aromatic heterocycles. The van der Waals surface area contributed by atoms with Crippen LogP contribution in [0, 0.1) is 12.7 Å². The van der Waals surface area contributed by atoms with E-state index in [2.05, 4.69) is 16.8 Å². The van der Waals surface area contributed by atoms with Gasteiger partial charge >= 0.3 is 0 Å². The summed E-state index contributed by atoms with van der Waals surface area (Å²) in [6.45, 7) is 6.92. The maximum Gasteiger partial charge on any atom is 0.126 e.